The maximum Gasteiger partial charge on any atom is 0.176 e. The minimum Gasteiger partial charge on any atom is -0.377 e. The van der Waals surface area contributed by atoms with Gasteiger partial charge < -0.3 is 14.8 Å². The second kappa shape index (κ2) is 6.65. The average Bonchev–Trinajstić information content (AvgIpc) is 2.95. The van der Waals surface area contributed by atoms with Crippen LogP contribution in [-0.2, 0) is 9.47 Å². The standard InChI is InChI=1S/C14H18N2O2S/c1-10(14(17-2)18-3)16-12-6-4-11(5-7-12)13-15-8-9-19-13/h4-10,14,16H,1-3H3. The number of hydrogen-bond acceptors (Lipinski definition) is 5. The predicted octanol–water partition coefficient (Wildman–Crippen LogP) is 3.23. The van der Waals surface area contributed by atoms with Gasteiger partial charge in [0.05, 0.1) is 6.04 Å². The Balaban J connectivity index is 2.03. The lowest BCUT2D eigenvalue weighted by Crippen LogP contribution is -2.33. The van der Waals surface area contributed by atoms with Gasteiger partial charge >= 0.3 is 0 Å². The van der Waals surface area contributed by atoms with Crippen molar-refractivity contribution in [2.24, 2.45) is 0 Å². The van der Waals surface area contributed by atoms with Crippen LogP contribution in [0.1, 0.15) is 6.92 Å². The van der Waals surface area contributed by atoms with Crippen LogP contribution in [-0.4, -0.2) is 31.5 Å². The molecule has 1 atom stereocenters. The van der Waals surface area contributed by atoms with E-state index in [2.05, 4.69) is 22.4 Å². The summed E-state index contributed by atoms with van der Waals surface area (Å²) in [5.74, 6) is 0. The van der Waals surface area contributed by atoms with Crippen LogP contribution in [0, 0.1) is 0 Å². The third-order valence-corrected chi connectivity index (χ3v) is 3.65. The van der Waals surface area contributed by atoms with E-state index in [0.29, 0.717) is 0 Å². The van der Waals surface area contributed by atoms with Crippen molar-refractivity contribution in [2.75, 3.05) is 19.5 Å². The maximum atomic E-state index is 5.22. The molecule has 1 unspecified atom stereocenters. The van der Waals surface area contributed by atoms with Gasteiger partial charge in [-0.3, -0.25) is 0 Å². The van der Waals surface area contributed by atoms with Crippen molar-refractivity contribution in [3.05, 3.63) is 35.8 Å². The van der Waals surface area contributed by atoms with Crippen molar-refractivity contribution in [3.63, 3.8) is 0 Å². The molecular weight excluding hydrogens is 260 g/mol. The Morgan fingerprint density at radius 1 is 1.16 bits per heavy atom. The van der Waals surface area contributed by atoms with Gasteiger partial charge in [0.2, 0.25) is 0 Å². The van der Waals surface area contributed by atoms with Gasteiger partial charge in [-0.25, -0.2) is 4.98 Å². The maximum absolute atomic E-state index is 5.22. The van der Waals surface area contributed by atoms with Crippen LogP contribution in [0.25, 0.3) is 10.6 Å². The van der Waals surface area contributed by atoms with Gasteiger partial charge in [-0.15, -0.1) is 11.3 Å². The normalized spacial score (nSPS) is 12.6. The predicted molar refractivity (Wildman–Crippen MR) is 78.4 cm³/mol. The summed E-state index contributed by atoms with van der Waals surface area (Å²) in [5.41, 5.74) is 2.16. The number of anilines is 1. The van der Waals surface area contributed by atoms with Crippen molar-refractivity contribution in [2.45, 2.75) is 19.3 Å². The van der Waals surface area contributed by atoms with Crippen molar-refractivity contribution >= 4 is 17.0 Å². The quantitative estimate of drug-likeness (QED) is 0.824. The molecular formula is C14H18N2O2S. The van der Waals surface area contributed by atoms with Crippen LogP contribution < -0.4 is 5.32 Å². The number of nitrogens with one attached hydrogen (secondary N) is 1. The summed E-state index contributed by atoms with van der Waals surface area (Å²) in [6.45, 7) is 2.02. The van der Waals surface area contributed by atoms with E-state index in [9.17, 15) is 0 Å². The zero-order valence-electron chi connectivity index (χ0n) is 11.3. The lowest BCUT2D eigenvalue weighted by atomic mass is 10.2. The third kappa shape index (κ3) is 3.53. The zero-order chi connectivity index (χ0) is 13.7. The van der Waals surface area contributed by atoms with Gasteiger partial charge in [0, 0.05) is 37.0 Å². The van der Waals surface area contributed by atoms with Gasteiger partial charge in [0.1, 0.15) is 5.01 Å². The molecule has 0 bridgehead atoms. The number of thiazole rings is 1. The van der Waals surface area contributed by atoms with Crippen LogP contribution in [0.5, 0.6) is 0 Å². The smallest absolute Gasteiger partial charge is 0.176 e. The highest BCUT2D eigenvalue weighted by atomic mass is 32.1. The van der Waals surface area contributed by atoms with E-state index in [0.717, 1.165) is 16.3 Å². The number of methoxy groups -OCH3 is 2. The molecule has 0 aliphatic heterocycles. The van der Waals surface area contributed by atoms with Gasteiger partial charge in [-0.2, -0.15) is 0 Å². The van der Waals surface area contributed by atoms with Crippen LogP contribution in [0.15, 0.2) is 35.8 Å². The summed E-state index contributed by atoms with van der Waals surface area (Å²) in [5, 5.41) is 6.36. The summed E-state index contributed by atoms with van der Waals surface area (Å²) in [7, 11) is 3.27. The molecule has 0 radical (unpaired) electrons. The lowest BCUT2D eigenvalue weighted by Gasteiger charge is -2.23. The molecule has 1 aromatic heterocycles. The monoisotopic (exact) mass is 278 g/mol. The van der Waals surface area contributed by atoms with Gasteiger partial charge in [-0.05, 0) is 31.2 Å². The molecule has 2 rings (SSSR count). The fourth-order valence-corrected chi connectivity index (χ4v) is 2.55. The number of rotatable bonds is 6. The first-order valence-electron chi connectivity index (χ1n) is 6.06. The van der Waals surface area contributed by atoms with Crippen LogP contribution >= 0.6 is 11.3 Å². The lowest BCUT2D eigenvalue weighted by molar-refractivity contribution is -0.109. The summed E-state index contributed by atoms with van der Waals surface area (Å²) >= 11 is 1.64. The molecule has 0 saturated heterocycles. The SMILES string of the molecule is COC(OC)C(C)Nc1ccc(-c2nccs2)cc1. The molecule has 1 N–H and O–H groups in total. The second-order valence-electron chi connectivity index (χ2n) is 4.19. The van der Waals surface area contributed by atoms with Crippen LogP contribution in [0.2, 0.25) is 0 Å². The number of benzene rings is 1. The molecule has 0 amide bonds. The molecule has 0 spiro atoms. The van der Waals surface area contributed by atoms with Gasteiger partial charge in [0.15, 0.2) is 6.29 Å². The van der Waals surface area contributed by atoms with E-state index in [4.69, 9.17) is 9.47 Å². The average molecular weight is 278 g/mol. The minimum atomic E-state index is -0.265. The Morgan fingerprint density at radius 3 is 2.37 bits per heavy atom. The van der Waals surface area contributed by atoms with Crippen molar-refractivity contribution in [1.29, 1.82) is 0 Å². The van der Waals surface area contributed by atoms with E-state index in [1.54, 1.807) is 25.6 Å². The van der Waals surface area contributed by atoms with E-state index in [-0.39, 0.29) is 12.3 Å². The molecule has 0 saturated carbocycles. The molecule has 102 valence electrons. The molecule has 0 aliphatic carbocycles. The zero-order valence-corrected chi connectivity index (χ0v) is 12.1. The van der Waals surface area contributed by atoms with Crippen molar-refractivity contribution < 1.29 is 9.47 Å². The van der Waals surface area contributed by atoms with Crippen LogP contribution in [0.4, 0.5) is 5.69 Å². The summed E-state index contributed by atoms with van der Waals surface area (Å²) < 4.78 is 10.4. The molecule has 1 aromatic carbocycles. The molecule has 4 nitrogen and oxygen atoms in total. The molecule has 5 heteroatoms. The van der Waals surface area contributed by atoms with Crippen LogP contribution in [0.3, 0.4) is 0 Å². The van der Waals surface area contributed by atoms with Gasteiger partial charge in [0.25, 0.3) is 0 Å². The number of hydrogen-bond donors (Lipinski definition) is 1. The first-order chi connectivity index (χ1) is 9.24. The number of ether oxygens (including phenoxy) is 2. The Bertz CT molecular complexity index is 481. The Hall–Kier alpha value is -1.43. The van der Waals surface area contributed by atoms with Gasteiger partial charge in [-0.1, -0.05) is 0 Å². The molecule has 1 heterocycles. The van der Waals surface area contributed by atoms with E-state index in [1.807, 2.05) is 30.6 Å². The second-order valence-corrected chi connectivity index (χ2v) is 5.08. The third-order valence-electron chi connectivity index (χ3n) is 2.83. The van der Waals surface area contributed by atoms with E-state index >= 15 is 0 Å². The molecule has 0 fully saturated rings. The number of aromatic nitrogens is 1. The van der Waals surface area contributed by atoms with E-state index < -0.39 is 0 Å². The summed E-state index contributed by atoms with van der Waals surface area (Å²) in [6, 6.07) is 8.26. The first-order valence-corrected chi connectivity index (χ1v) is 6.94. The Labute approximate surface area is 117 Å². The molecule has 19 heavy (non-hydrogen) atoms. The fraction of sp³-hybridized carbons (Fsp3) is 0.357. The Morgan fingerprint density at radius 2 is 1.84 bits per heavy atom. The number of nitrogens with zero attached hydrogens (tertiary/aromatic N) is 1. The minimum absolute atomic E-state index is 0.0701. The molecule has 2 aromatic rings. The summed E-state index contributed by atoms with van der Waals surface area (Å²) in [4.78, 5) is 4.29. The Kier molecular flexibility index (Phi) is 4.90. The molecule has 0 aliphatic rings. The highest BCUT2D eigenvalue weighted by Gasteiger charge is 2.15. The first kappa shape index (κ1) is 14.0. The highest BCUT2D eigenvalue weighted by Crippen LogP contribution is 2.23. The highest BCUT2D eigenvalue weighted by molar-refractivity contribution is 7.13. The fourth-order valence-electron chi connectivity index (χ4n) is 1.91. The largest absolute Gasteiger partial charge is 0.377 e. The topological polar surface area (TPSA) is 43.4 Å². The summed E-state index contributed by atoms with van der Waals surface area (Å²) in [6.07, 6.45) is 1.55. The van der Waals surface area contributed by atoms with Crippen molar-refractivity contribution in [1.82, 2.24) is 4.98 Å². The van der Waals surface area contributed by atoms with E-state index in [1.165, 1.54) is 0 Å². The van der Waals surface area contributed by atoms with Crippen molar-refractivity contribution in [3.8, 4) is 10.6 Å².